The Balaban J connectivity index is 2.26. The molecule has 2 aliphatic rings. The number of rotatable bonds is 3. The number of carbonyl (C=O) groups excluding carboxylic acids is 1. The molecule has 0 aromatic rings. The van der Waals surface area contributed by atoms with Gasteiger partial charge in [0.15, 0.2) is 9.84 Å². The van der Waals surface area contributed by atoms with Gasteiger partial charge >= 0.3 is 5.97 Å². The first-order valence-corrected chi connectivity index (χ1v) is 9.25. The summed E-state index contributed by atoms with van der Waals surface area (Å²) in [5, 5.41) is 8.53. The van der Waals surface area contributed by atoms with Crippen LogP contribution in [0.15, 0.2) is 0 Å². The standard InChI is InChI=1S/C14H23NO5S/c1-15(14(13(17)18)8-4-2-5-9-14)12(16)11-7-3-6-10-21(11,19)20/h11H,2-10H2,1H3,(H,17,18). The summed E-state index contributed by atoms with van der Waals surface area (Å²) in [6, 6.07) is 0. The van der Waals surface area contributed by atoms with Crippen molar-refractivity contribution in [3.8, 4) is 0 Å². The van der Waals surface area contributed by atoms with Gasteiger partial charge < -0.3 is 10.0 Å². The highest BCUT2D eigenvalue weighted by Gasteiger charge is 2.48. The van der Waals surface area contributed by atoms with E-state index in [4.69, 9.17) is 0 Å². The molecule has 1 aliphatic heterocycles. The minimum atomic E-state index is -3.44. The summed E-state index contributed by atoms with van der Waals surface area (Å²) in [7, 11) is -1.99. The van der Waals surface area contributed by atoms with Crippen LogP contribution in [-0.2, 0) is 19.4 Å². The summed E-state index contributed by atoms with van der Waals surface area (Å²) in [5.74, 6) is -1.54. The van der Waals surface area contributed by atoms with Crippen molar-refractivity contribution in [2.75, 3.05) is 12.8 Å². The molecule has 6 nitrogen and oxygen atoms in total. The van der Waals surface area contributed by atoms with Crippen LogP contribution in [0.25, 0.3) is 0 Å². The van der Waals surface area contributed by atoms with Crippen LogP contribution in [0.4, 0.5) is 0 Å². The molecule has 1 N–H and O–H groups in total. The van der Waals surface area contributed by atoms with Crippen LogP contribution < -0.4 is 0 Å². The van der Waals surface area contributed by atoms with E-state index in [1.165, 1.54) is 11.9 Å². The highest BCUT2D eigenvalue weighted by molar-refractivity contribution is 7.92. The van der Waals surface area contributed by atoms with E-state index in [1.807, 2.05) is 0 Å². The van der Waals surface area contributed by atoms with Crippen molar-refractivity contribution in [3.05, 3.63) is 0 Å². The molecule has 0 spiro atoms. The van der Waals surface area contributed by atoms with Gasteiger partial charge in [-0.2, -0.15) is 0 Å². The molecule has 1 heterocycles. The first kappa shape index (κ1) is 16.3. The molecule has 120 valence electrons. The third kappa shape index (κ3) is 2.93. The van der Waals surface area contributed by atoms with Gasteiger partial charge in [-0.25, -0.2) is 13.2 Å². The molecule has 1 saturated carbocycles. The van der Waals surface area contributed by atoms with Crippen molar-refractivity contribution in [2.45, 2.75) is 62.2 Å². The Kier molecular flexibility index (Phi) is 4.60. The molecule has 0 aromatic carbocycles. The summed E-state index contributed by atoms with van der Waals surface area (Å²) in [6.07, 6.45) is 4.85. The fraction of sp³-hybridized carbons (Fsp3) is 0.857. The van der Waals surface area contributed by atoms with Crippen molar-refractivity contribution in [1.29, 1.82) is 0 Å². The second-order valence-electron chi connectivity index (χ2n) is 6.15. The Morgan fingerprint density at radius 2 is 1.71 bits per heavy atom. The number of amides is 1. The minimum absolute atomic E-state index is 0.0251. The highest BCUT2D eigenvalue weighted by atomic mass is 32.2. The Hall–Kier alpha value is -1.11. The molecule has 2 rings (SSSR count). The highest BCUT2D eigenvalue weighted by Crippen LogP contribution is 2.35. The largest absolute Gasteiger partial charge is 0.479 e. The van der Waals surface area contributed by atoms with Gasteiger partial charge in [0.25, 0.3) is 0 Å². The summed E-state index contributed by atoms with van der Waals surface area (Å²) >= 11 is 0. The van der Waals surface area contributed by atoms with Gasteiger partial charge in [0, 0.05) is 7.05 Å². The molecule has 1 atom stereocenters. The number of carbonyl (C=O) groups is 2. The van der Waals surface area contributed by atoms with Gasteiger partial charge in [0.2, 0.25) is 5.91 Å². The van der Waals surface area contributed by atoms with Crippen LogP contribution in [0.5, 0.6) is 0 Å². The molecule has 1 amide bonds. The second kappa shape index (κ2) is 5.94. The van der Waals surface area contributed by atoms with E-state index in [1.54, 1.807) is 0 Å². The first-order chi connectivity index (χ1) is 9.81. The average molecular weight is 317 g/mol. The molecule has 1 aliphatic carbocycles. The third-order valence-electron chi connectivity index (χ3n) is 4.91. The lowest BCUT2D eigenvalue weighted by molar-refractivity contribution is -0.160. The molecular formula is C14H23NO5S. The maximum atomic E-state index is 12.6. The number of sulfone groups is 1. The monoisotopic (exact) mass is 317 g/mol. The number of hydrogen-bond donors (Lipinski definition) is 1. The van der Waals surface area contributed by atoms with Crippen LogP contribution in [0.3, 0.4) is 0 Å². The Morgan fingerprint density at radius 1 is 1.10 bits per heavy atom. The van der Waals surface area contributed by atoms with E-state index in [0.29, 0.717) is 32.1 Å². The van der Waals surface area contributed by atoms with Crippen molar-refractivity contribution < 1.29 is 23.1 Å². The Morgan fingerprint density at radius 3 is 2.24 bits per heavy atom. The molecule has 0 bridgehead atoms. The number of likely N-dealkylation sites (N-methyl/N-ethyl adjacent to an activating group) is 1. The molecule has 0 radical (unpaired) electrons. The summed E-state index contributed by atoms with van der Waals surface area (Å²) in [6.45, 7) is 0. The first-order valence-electron chi connectivity index (χ1n) is 7.54. The lowest BCUT2D eigenvalue weighted by Gasteiger charge is -2.42. The van der Waals surface area contributed by atoms with E-state index in [0.717, 1.165) is 19.3 Å². The number of hydrogen-bond acceptors (Lipinski definition) is 4. The lowest BCUT2D eigenvalue weighted by atomic mass is 9.80. The van der Waals surface area contributed by atoms with Gasteiger partial charge in [-0.05, 0) is 25.7 Å². The normalized spacial score (nSPS) is 27.8. The van der Waals surface area contributed by atoms with Gasteiger partial charge in [0.1, 0.15) is 10.8 Å². The van der Waals surface area contributed by atoms with E-state index < -0.39 is 32.5 Å². The third-order valence-corrected chi connectivity index (χ3v) is 7.07. The number of nitrogens with zero attached hydrogens (tertiary/aromatic N) is 1. The zero-order valence-electron chi connectivity index (χ0n) is 12.4. The predicted molar refractivity (Wildman–Crippen MR) is 77.6 cm³/mol. The van der Waals surface area contributed by atoms with Crippen molar-refractivity contribution in [1.82, 2.24) is 4.90 Å². The molecule has 1 unspecified atom stereocenters. The fourth-order valence-electron chi connectivity index (χ4n) is 3.49. The van der Waals surface area contributed by atoms with Crippen molar-refractivity contribution in [2.24, 2.45) is 0 Å². The van der Waals surface area contributed by atoms with Gasteiger partial charge in [-0.3, -0.25) is 4.79 Å². The smallest absolute Gasteiger partial charge is 0.329 e. The van der Waals surface area contributed by atoms with Gasteiger partial charge in [-0.15, -0.1) is 0 Å². The molecule has 7 heteroatoms. The fourth-order valence-corrected chi connectivity index (χ4v) is 5.37. The summed E-state index contributed by atoms with van der Waals surface area (Å²) < 4.78 is 24.2. The van der Waals surface area contributed by atoms with Gasteiger partial charge in [0.05, 0.1) is 5.75 Å². The molecule has 21 heavy (non-hydrogen) atoms. The zero-order valence-corrected chi connectivity index (χ0v) is 13.2. The van der Waals surface area contributed by atoms with Crippen LogP contribution in [-0.4, -0.2) is 53.9 Å². The SMILES string of the molecule is CN(C(=O)C1CCCCS1(=O)=O)C1(C(=O)O)CCCCC1. The lowest BCUT2D eigenvalue weighted by Crippen LogP contribution is -2.59. The Bertz CT molecular complexity index is 521. The van der Waals surface area contributed by atoms with Gasteiger partial charge in [-0.1, -0.05) is 25.7 Å². The maximum absolute atomic E-state index is 12.6. The maximum Gasteiger partial charge on any atom is 0.329 e. The second-order valence-corrected chi connectivity index (χ2v) is 8.45. The predicted octanol–water partition coefficient (Wildman–Crippen LogP) is 1.20. The molecule has 1 saturated heterocycles. The Labute approximate surface area is 125 Å². The number of carboxylic acids is 1. The zero-order chi connectivity index (χ0) is 15.7. The minimum Gasteiger partial charge on any atom is -0.479 e. The van der Waals surface area contributed by atoms with Crippen LogP contribution in [0.1, 0.15) is 51.4 Å². The molecular weight excluding hydrogens is 294 g/mol. The van der Waals surface area contributed by atoms with Crippen LogP contribution >= 0.6 is 0 Å². The number of carboxylic acid groups (broad SMARTS) is 1. The quantitative estimate of drug-likeness (QED) is 0.844. The van der Waals surface area contributed by atoms with E-state index in [-0.39, 0.29) is 5.75 Å². The van der Waals surface area contributed by atoms with E-state index in [2.05, 4.69) is 0 Å². The average Bonchev–Trinajstić information content (AvgIpc) is 2.46. The summed E-state index contributed by atoms with van der Waals surface area (Å²) in [5.41, 5.74) is -1.23. The van der Waals surface area contributed by atoms with E-state index in [9.17, 15) is 23.1 Å². The summed E-state index contributed by atoms with van der Waals surface area (Å²) in [4.78, 5) is 25.5. The number of aliphatic carboxylic acids is 1. The van der Waals surface area contributed by atoms with Crippen molar-refractivity contribution >= 4 is 21.7 Å². The molecule has 0 aromatic heterocycles. The van der Waals surface area contributed by atoms with Crippen LogP contribution in [0, 0.1) is 0 Å². The van der Waals surface area contributed by atoms with E-state index >= 15 is 0 Å². The van der Waals surface area contributed by atoms with Crippen LogP contribution in [0.2, 0.25) is 0 Å². The van der Waals surface area contributed by atoms with Crippen molar-refractivity contribution in [3.63, 3.8) is 0 Å². The topological polar surface area (TPSA) is 91.8 Å². The molecule has 2 fully saturated rings.